The number of nitrogens with one attached hydrogen (secondary N) is 1. The number of amidine groups is 1. The van der Waals surface area contributed by atoms with E-state index in [1.807, 2.05) is 0 Å². The van der Waals surface area contributed by atoms with Crippen molar-refractivity contribution < 1.29 is 23.8 Å². The van der Waals surface area contributed by atoms with Gasteiger partial charge in [-0.15, -0.1) is 0 Å². The summed E-state index contributed by atoms with van der Waals surface area (Å²) < 4.78 is 18.2. The average molecular weight is 386 g/mol. The summed E-state index contributed by atoms with van der Waals surface area (Å²) in [5.41, 5.74) is 1.29. The lowest BCUT2D eigenvalue weighted by Gasteiger charge is -2.10. The van der Waals surface area contributed by atoms with Crippen LogP contribution in [0.1, 0.15) is 12.5 Å². The van der Waals surface area contributed by atoms with Crippen molar-refractivity contribution >= 4 is 40.6 Å². The summed E-state index contributed by atoms with van der Waals surface area (Å²) in [5.74, 6) is -1.25. The topological polar surface area (TPSA) is 88.0 Å². The first kappa shape index (κ1) is 18.7. The van der Waals surface area contributed by atoms with Crippen molar-refractivity contribution in [3.8, 4) is 5.75 Å². The van der Waals surface area contributed by atoms with Gasteiger partial charge in [-0.25, -0.2) is 14.2 Å². The summed E-state index contributed by atoms with van der Waals surface area (Å²) in [6, 6.07) is 12.4. The highest BCUT2D eigenvalue weighted by atomic mass is 32.2. The van der Waals surface area contributed by atoms with Crippen LogP contribution in [0.4, 0.5) is 10.1 Å². The number of hydrogen-bond acceptors (Lipinski definition) is 5. The van der Waals surface area contributed by atoms with E-state index in [9.17, 15) is 14.0 Å². The van der Waals surface area contributed by atoms with E-state index >= 15 is 0 Å². The van der Waals surface area contributed by atoms with E-state index in [-0.39, 0.29) is 11.7 Å². The van der Waals surface area contributed by atoms with Gasteiger partial charge < -0.3 is 15.2 Å². The van der Waals surface area contributed by atoms with Crippen LogP contribution in [0.15, 0.2) is 58.4 Å². The summed E-state index contributed by atoms with van der Waals surface area (Å²) >= 11 is 1.18. The number of thioether (sulfide) groups is 1. The van der Waals surface area contributed by atoms with Crippen LogP contribution in [-0.4, -0.2) is 28.3 Å². The van der Waals surface area contributed by atoms with Gasteiger partial charge in [0.15, 0.2) is 11.3 Å². The Bertz CT molecular complexity index is 924. The summed E-state index contributed by atoms with van der Waals surface area (Å²) in [6.07, 6.45) is 0.744. The Balaban J connectivity index is 1.70. The third-order valence-electron chi connectivity index (χ3n) is 3.55. The molecule has 1 heterocycles. The lowest BCUT2D eigenvalue weighted by atomic mass is 10.2. The second-order valence-electron chi connectivity index (χ2n) is 5.63. The number of benzene rings is 2. The molecule has 0 spiro atoms. The van der Waals surface area contributed by atoms with E-state index in [0.29, 0.717) is 21.5 Å². The maximum absolute atomic E-state index is 12.9. The standard InChI is InChI=1S/C19H15FN2O4S/c1-11(18(24)25)26-15-8-2-12(3-9-15)10-16-17(23)22-19(27-16)21-14-6-4-13(20)5-7-14/h2-11H,1H3,(H,24,25)(H,21,22,23)/b16-10+/t11-/m1/s1. The zero-order chi connectivity index (χ0) is 19.4. The lowest BCUT2D eigenvalue weighted by Crippen LogP contribution is -2.22. The van der Waals surface area contributed by atoms with Crippen LogP contribution in [-0.2, 0) is 9.59 Å². The molecular weight excluding hydrogens is 371 g/mol. The third kappa shape index (κ3) is 4.95. The zero-order valence-electron chi connectivity index (χ0n) is 14.2. The van der Waals surface area contributed by atoms with Gasteiger partial charge in [0.2, 0.25) is 0 Å². The van der Waals surface area contributed by atoms with Crippen molar-refractivity contribution in [1.29, 1.82) is 0 Å². The highest BCUT2D eigenvalue weighted by molar-refractivity contribution is 8.18. The number of carbonyl (C=O) groups excluding carboxylic acids is 1. The molecule has 1 amide bonds. The molecule has 1 atom stereocenters. The molecule has 0 unspecified atom stereocenters. The molecule has 0 radical (unpaired) electrons. The third-order valence-corrected chi connectivity index (χ3v) is 4.46. The normalized spacial score (nSPS) is 17.8. The maximum Gasteiger partial charge on any atom is 0.344 e. The minimum absolute atomic E-state index is 0.277. The predicted molar refractivity (Wildman–Crippen MR) is 101 cm³/mol. The molecule has 2 aromatic carbocycles. The summed E-state index contributed by atoms with van der Waals surface area (Å²) in [7, 11) is 0. The van der Waals surface area contributed by atoms with Gasteiger partial charge >= 0.3 is 5.97 Å². The number of aliphatic imine (C=N–C) groups is 1. The molecule has 0 saturated carbocycles. The van der Waals surface area contributed by atoms with Crippen LogP contribution < -0.4 is 10.1 Å². The first-order valence-corrected chi connectivity index (χ1v) is 8.77. The number of aliphatic carboxylic acids is 1. The van der Waals surface area contributed by atoms with Gasteiger partial charge in [-0.1, -0.05) is 12.1 Å². The fourth-order valence-corrected chi connectivity index (χ4v) is 3.00. The molecule has 6 nitrogen and oxygen atoms in total. The fraction of sp³-hybridized carbons (Fsp3) is 0.105. The molecule has 27 heavy (non-hydrogen) atoms. The van der Waals surface area contributed by atoms with Crippen LogP contribution in [0.2, 0.25) is 0 Å². The van der Waals surface area contributed by atoms with E-state index in [4.69, 9.17) is 9.84 Å². The molecule has 0 bridgehead atoms. The number of halogens is 1. The van der Waals surface area contributed by atoms with Gasteiger partial charge in [0.05, 0.1) is 10.6 Å². The first-order valence-electron chi connectivity index (χ1n) is 7.95. The van der Waals surface area contributed by atoms with Crippen LogP contribution in [0.3, 0.4) is 0 Å². The van der Waals surface area contributed by atoms with E-state index < -0.39 is 12.1 Å². The largest absolute Gasteiger partial charge is 0.479 e. The molecule has 2 N–H and O–H groups in total. The quantitative estimate of drug-likeness (QED) is 0.767. The van der Waals surface area contributed by atoms with Gasteiger partial charge in [-0.2, -0.15) is 0 Å². The molecule has 1 aliphatic rings. The Morgan fingerprint density at radius 3 is 2.52 bits per heavy atom. The van der Waals surface area contributed by atoms with Crippen molar-refractivity contribution in [2.24, 2.45) is 4.99 Å². The lowest BCUT2D eigenvalue weighted by molar-refractivity contribution is -0.144. The molecule has 0 aromatic heterocycles. The number of carbonyl (C=O) groups is 2. The summed E-state index contributed by atoms with van der Waals surface area (Å²) in [6.45, 7) is 1.44. The number of hydrogen-bond donors (Lipinski definition) is 2. The van der Waals surface area contributed by atoms with E-state index in [2.05, 4.69) is 10.3 Å². The number of amides is 1. The Morgan fingerprint density at radius 1 is 1.22 bits per heavy atom. The van der Waals surface area contributed by atoms with Gasteiger partial charge in [0.25, 0.3) is 5.91 Å². The smallest absolute Gasteiger partial charge is 0.344 e. The minimum atomic E-state index is -1.05. The van der Waals surface area contributed by atoms with Crippen molar-refractivity contribution in [2.75, 3.05) is 0 Å². The SMILES string of the molecule is C[C@@H](Oc1ccc(/C=C2/SC(=Nc3ccc(F)cc3)NC2=O)cc1)C(=O)O. The number of rotatable bonds is 5. The first-order chi connectivity index (χ1) is 12.9. The number of carboxylic acid groups (broad SMARTS) is 1. The molecule has 0 aliphatic carbocycles. The van der Waals surface area contributed by atoms with E-state index in [1.165, 1.54) is 43.0 Å². The minimum Gasteiger partial charge on any atom is -0.479 e. The van der Waals surface area contributed by atoms with Crippen LogP contribution in [0, 0.1) is 5.82 Å². The molecule has 1 aliphatic heterocycles. The molecule has 2 aromatic rings. The average Bonchev–Trinajstić information content (AvgIpc) is 2.97. The summed E-state index contributed by atoms with van der Waals surface area (Å²) in [4.78, 5) is 27.6. The second-order valence-corrected chi connectivity index (χ2v) is 6.66. The second kappa shape index (κ2) is 8.05. The zero-order valence-corrected chi connectivity index (χ0v) is 15.0. The summed E-state index contributed by atoms with van der Waals surface area (Å²) in [5, 5.41) is 11.9. The highest BCUT2D eigenvalue weighted by Gasteiger charge is 2.23. The Kier molecular flexibility index (Phi) is 5.56. The number of ether oxygens (including phenoxy) is 1. The van der Waals surface area contributed by atoms with Crippen LogP contribution >= 0.6 is 11.8 Å². The predicted octanol–water partition coefficient (Wildman–Crippen LogP) is 3.57. The Labute approximate surface area is 158 Å². The molecular formula is C19H15FN2O4S. The fourth-order valence-electron chi connectivity index (χ4n) is 2.16. The Hall–Kier alpha value is -3.13. The molecule has 138 valence electrons. The van der Waals surface area contributed by atoms with E-state index in [0.717, 1.165) is 5.56 Å². The van der Waals surface area contributed by atoms with Crippen LogP contribution in [0.25, 0.3) is 6.08 Å². The number of carboxylic acids is 1. The van der Waals surface area contributed by atoms with Crippen molar-refractivity contribution in [3.05, 3.63) is 64.8 Å². The van der Waals surface area contributed by atoms with Gasteiger partial charge in [0.1, 0.15) is 11.6 Å². The van der Waals surface area contributed by atoms with E-state index in [1.54, 1.807) is 30.3 Å². The van der Waals surface area contributed by atoms with Crippen molar-refractivity contribution in [2.45, 2.75) is 13.0 Å². The highest BCUT2D eigenvalue weighted by Crippen LogP contribution is 2.28. The Morgan fingerprint density at radius 2 is 1.89 bits per heavy atom. The molecule has 1 fully saturated rings. The molecule has 1 saturated heterocycles. The van der Waals surface area contributed by atoms with Gasteiger partial charge in [-0.05, 0) is 66.7 Å². The monoisotopic (exact) mass is 386 g/mol. The molecule has 8 heteroatoms. The number of nitrogens with zero attached hydrogens (tertiary/aromatic N) is 1. The van der Waals surface area contributed by atoms with Gasteiger partial charge in [0, 0.05) is 0 Å². The maximum atomic E-state index is 12.9. The molecule has 3 rings (SSSR count). The van der Waals surface area contributed by atoms with Crippen molar-refractivity contribution in [3.63, 3.8) is 0 Å². The van der Waals surface area contributed by atoms with Crippen LogP contribution in [0.5, 0.6) is 5.75 Å². The van der Waals surface area contributed by atoms with Crippen molar-refractivity contribution in [1.82, 2.24) is 5.32 Å². The van der Waals surface area contributed by atoms with Gasteiger partial charge in [-0.3, -0.25) is 4.79 Å².